The van der Waals surface area contributed by atoms with Gasteiger partial charge < -0.3 is 9.47 Å². The van der Waals surface area contributed by atoms with Crippen molar-refractivity contribution in [2.45, 2.75) is 26.4 Å². The molecule has 1 aromatic carbocycles. The lowest BCUT2D eigenvalue weighted by Crippen LogP contribution is -2.20. The fourth-order valence-electron chi connectivity index (χ4n) is 2.03. The van der Waals surface area contributed by atoms with Crippen LogP contribution in [0.5, 0.6) is 5.75 Å². The number of rotatable bonds is 7. The number of benzene rings is 1. The molecular weight excluding hydrogens is 385 g/mol. The van der Waals surface area contributed by atoms with Crippen molar-refractivity contribution in [1.29, 1.82) is 0 Å². The molecule has 1 aromatic heterocycles. The molecule has 2 aromatic rings. The Balaban J connectivity index is 2.04. The average Bonchev–Trinajstić information content (AvgIpc) is 3.05. The van der Waals surface area contributed by atoms with Gasteiger partial charge in [-0.3, -0.25) is 10.1 Å². The Morgan fingerprint density at radius 1 is 1.19 bits per heavy atom. The van der Waals surface area contributed by atoms with Gasteiger partial charge in [0.05, 0.1) is 6.61 Å². The predicted octanol–water partition coefficient (Wildman–Crippen LogP) is 3.92. The summed E-state index contributed by atoms with van der Waals surface area (Å²) in [5.41, 5.74) is -0.293. The zero-order valence-electron chi connectivity index (χ0n) is 14.6. The second-order valence-corrected chi connectivity index (χ2v) is 6.25. The Morgan fingerprint density at radius 2 is 1.85 bits per heavy atom. The van der Waals surface area contributed by atoms with Crippen LogP contribution in [0.3, 0.4) is 0 Å². The highest BCUT2D eigenvalue weighted by Crippen LogP contribution is 2.36. The van der Waals surface area contributed by atoms with Crippen LogP contribution in [0.25, 0.3) is 0 Å². The van der Waals surface area contributed by atoms with E-state index < -0.39 is 35.2 Å². The zero-order chi connectivity index (χ0) is 20.0. The van der Waals surface area contributed by atoms with E-state index >= 15 is 0 Å². The van der Waals surface area contributed by atoms with Crippen molar-refractivity contribution in [2.24, 2.45) is 0 Å². The molecule has 27 heavy (non-hydrogen) atoms. The van der Waals surface area contributed by atoms with E-state index in [2.05, 4.69) is 15.0 Å². The van der Waals surface area contributed by atoms with E-state index in [0.29, 0.717) is 17.1 Å². The predicted molar refractivity (Wildman–Crippen MR) is 93.0 cm³/mol. The zero-order valence-corrected chi connectivity index (χ0v) is 15.4. The lowest BCUT2D eigenvalue weighted by Gasteiger charge is -2.06. The lowest BCUT2D eigenvalue weighted by molar-refractivity contribution is -0.141. The first-order chi connectivity index (χ1) is 12.7. The minimum absolute atomic E-state index is 0.0830. The summed E-state index contributed by atoms with van der Waals surface area (Å²) in [5.74, 6) is -1.40. The second-order valence-electron chi connectivity index (χ2n) is 5.25. The maximum atomic E-state index is 13.0. The van der Waals surface area contributed by atoms with Crippen LogP contribution in [-0.2, 0) is 22.1 Å². The molecule has 1 N–H and O–H groups in total. The third-order valence-electron chi connectivity index (χ3n) is 3.30. The fourth-order valence-corrected chi connectivity index (χ4v) is 2.92. The number of aryl methyl sites for hydroxylation is 1. The molecule has 0 aliphatic heterocycles. The number of esters is 1. The summed E-state index contributed by atoms with van der Waals surface area (Å²) in [6, 6.07) is 7.07. The Kier molecular flexibility index (Phi) is 6.78. The van der Waals surface area contributed by atoms with Crippen molar-refractivity contribution >= 4 is 28.3 Å². The van der Waals surface area contributed by atoms with Gasteiger partial charge in [-0.05, 0) is 31.0 Å². The molecule has 0 fully saturated rings. The maximum Gasteiger partial charge on any atom is 0.435 e. The van der Waals surface area contributed by atoms with E-state index in [1.165, 1.54) is 6.92 Å². The van der Waals surface area contributed by atoms with Crippen molar-refractivity contribution in [2.75, 3.05) is 18.5 Å². The quantitative estimate of drug-likeness (QED) is 0.711. The molecule has 0 spiro atoms. The number of nitrogens with one attached hydrogen (secondary N) is 1. The number of aromatic nitrogens is 1. The SMILES string of the molecule is CCOC(=O)c1sc(NC(=O)COc2ccc(CC)cc2)nc1C(F)(F)F. The van der Waals surface area contributed by atoms with Crippen LogP contribution in [0.1, 0.15) is 34.8 Å². The first-order valence-corrected chi connectivity index (χ1v) is 8.83. The highest BCUT2D eigenvalue weighted by molar-refractivity contribution is 7.17. The summed E-state index contributed by atoms with van der Waals surface area (Å²) in [4.78, 5) is 26.2. The Bertz CT molecular complexity index is 804. The van der Waals surface area contributed by atoms with Crippen molar-refractivity contribution < 1.29 is 32.2 Å². The van der Waals surface area contributed by atoms with Gasteiger partial charge in [0, 0.05) is 0 Å². The van der Waals surface area contributed by atoms with Gasteiger partial charge in [-0.25, -0.2) is 9.78 Å². The number of thiazole rings is 1. The number of carbonyl (C=O) groups excluding carboxylic acids is 2. The number of carbonyl (C=O) groups is 2. The average molecular weight is 402 g/mol. The molecule has 1 amide bonds. The van der Waals surface area contributed by atoms with Gasteiger partial charge in [0.1, 0.15) is 10.6 Å². The summed E-state index contributed by atoms with van der Waals surface area (Å²) in [6.07, 6.45) is -3.99. The molecule has 1 heterocycles. The Labute approximate surface area is 157 Å². The van der Waals surface area contributed by atoms with Gasteiger partial charge in [-0.2, -0.15) is 13.2 Å². The van der Waals surface area contributed by atoms with Crippen molar-refractivity contribution in [3.05, 3.63) is 40.4 Å². The van der Waals surface area contributed by atoms with Crippen LogP contribution in [-0.4, -0.2) is 30.1 Å². The minimum Gasteiger partial charge on any atom is -0.484 e. The van der Waals surface area contributed by atoms with Crippen LogP contribution in [0.4, 0.5) is 18.3 Å². The van der Waals surface area contributed by atoms with Crippen LogP contribution < -0.4 is 10.1 Å². The molecule has 146 valence electrons. The monoisotopic (exact) mass is 402 g/mol. The molecule has 2 rings (SSSR count). The van der Waals surface area contributed by atoms with E-state index in [1.54, 1.807) is 12.1 Å². The van der Waals surface area contributed by atoms with E-state index in [1.807, 2.05) is 19.1 Å². The van der Waals surface area contributed by atoms with Crippen LogP contribution in [0, 0.1) is 0 Å². The summed E-state index contributed by atoms with van der Waals surface area (Å²) >= 11 is 0.396. The molecule has 0 aliphatic carbocycles. The molecule has 6 nitrogen and oxygen atoms in total. The van der Waals surface area contributed by atoms with Crippen molar-refractivity contribution in [3.63, 3.8) is 0 Å². The van der Waals surface area contributed by atoms with Crippen LogP contribution >= 0.6 is 11.3 Å². The van der Waals surface area contributed by atoms with E-state index in [9.17, 15) is 22.8 Å². The smallest absolute Gasteiger partial charge is 0.435 e. The van der Waals surface area contributed by atoms with E-state index in [0.717, 1.165) is 12.0 Å². The van der Waals surface area contributed by atoms with E-state index in [-0.39, 0.29) is 11.7 Å². The molecule has 0 saturated heterocycles. The van der Waals surface area contributed by atoms with Gasteiger partial charge in [0.15, 0.2) is 17.4 Å². The molecule has 0 aliphatic rings. The highest BCUT2D eigenvalue weighted by atomic mass is 32.1. The number of ether oxygens (including phenoxy) is 2. The van der Waals surface area contributed by atoms with Gasteiger partial charge in [-0.15, -0.1) is 0 Å². The van der Waals surface area contributed by atoms with E-state index in [4.69, 9.17) is 4.74 Å². The lowest BCUT2D eigenvalue weighted by atomic mass is 10.2. The standard InChI is InChI=1S/C17H17F3N2O4S/c1-3-10-5-7-11(8-6-10)26-9-12(23)21-16-22-14(17(18,19)20)13(27-16)15(24)25-4-2/h5-8H,3-4,9H2,1-2H3,(H,21,22,23). The number of alkyl halides is 3. The third-order valence-corrected chi connectivity index (χ3v) is 4.26. The highest BCUT2D eigenvalue weighted by Gasteiger charge is 2.40. The Morgan fingerprint density at radius 3 is 2.41 bits per heavy atom. The topological polar surface area (TPSA) is 77.5 Å². The molecule has 0 bridgehead atoms. The molecule has 10 heteroatoms. The fraction of sp³-hybridized carbons (Fsp3) is 0.353. The molecule has 0 atom stereocenters. The number of hydrogen-bond acceptors (Lipinski definition) is 6. The largest absolute Gasteiger partial charge is 0.484 e. The van der Waals surface area contributed by atoms with Crippen LogP contribution in [0.15, 0.2) is 24.3 Å². The normalized spacial score (nSPS) is 11.1. The molecule has 0 saturated carbocycles. The van der Waals surface area contributed by atoms with Gasteiger partial charge in [0.2, 0.25) is 0 Å². The first kappa shape index (κ1) is 20.7. The molecule has 0 unspecified atom stereocenters. The van der Waals surface area contributed by atoms with Crippen LogP contribution in [0.2, 0.25) is 0 Å². The molecular formula is C17H17F3N2O4S. The Hall–Kier alpha value is -2.62. The summed E-state index contributed by atoms with van der Waals surface area (Å²) in [6.45, 7) is 2.97. The number of halogens is 3. The van der Waals surface area contributed by atoms with Gasteiger partial charge in [0.25, 0.3) is 5.91 Å². The van der Waals surface area contributed by atoms with Crippen molar-refractivity contribution in [1.82, 2.24) is 4.98 Å². The molecule has 0 radical (unpaired) electrons. The number of amides is 1. The number of hydrogen-bond donors (Lipinski definition) is 1. The number of nitrogens with zero attached hydrogens (tertiary/aromatic N) is 1. The summed E-state index contributed by atoms with van der Waals surface area (Å²) in [7, 11) is 0. The maximum absolute atomic E-state index is 13.0. The summed E-state index contributed by atoms with van der Waals surface area (Å²) in [5, 5.41) is 1.84. The van der Waals surface area contributed by atoms with Gasteiger partial charge in [-0.1, -0.05) is 30.4 Å². The first-order valence-electron chi connectivity index (χ1n) is 8.01. The minimum atomic E-state index is -4.85. The third kappa shape index (κ3) is 5.68. The van der Waals surface area contributed by atoms with Gasteiger partial charge >= 0.3 is 12.1 Å². The number of anilines is 1. The van der Waals surface area contributed by atoms with Crippen molar-refractivity contribution in [3.8, 4) is 5.75 Å². The summed E-state index contributed by atoms with van der Waals surface area (Å²) < 4.78 is 49.0. The second kappa shape index (κ2) is 8.85.